The highest BCUT2D eigenvalue weighted by atomic mass is 19.1. The summed E-state index contributed by atoms with van der Waals surface area (Å²) in [6.45, 7) is 0.607. The molecule has 132 valence electrons. The quantitative estimate of drug-likeness (QED) is 0.836. The molecule has 2 aliphatic rings. The number of hydrogen-bond donors (Lipinski definition) is 0. The highest BCUT2D eigenvalue weighted by Crippen LogP contribution is 2.35. The van der Waals surface area contributed by atoms with E-state index in [9.17, 15) is 13.6 Å². The average molecular weight is 346 g/mol. The predicted octanol–water partition coefficient (Wildman–Crippen LogP) is 3.13. The van der Waals surface area contributed by atoms with E-state index >= 15 is 0 Å². The molecule has 7 heteroatoms. The molecule has 1 aliphatic heterocycles. The maximum Gasteiger partial charge on any atom is 0.257 e. The van der Waals surface area contributed by atoms with Crippen molar-refractivity contribution in [3.8, 4) is 0 Å². The molecule has 1 unspecified atom stereocenters. The molecule has 1 aliphatic carbocycles. The van der Waals surface area contributed by atoms with E-state index in [1.54, 1.807) is 11.2 Å². The van der Waals surface area contributed by atoms with Gasteiger partial charge >= 0.3 is 0 Å². The number of carbonyl (C=O) groups excluding carboxylic acids is 1. The van der Waals surface area contributed by atoms with Crippen molar-refractivity contribution in [1.82, 2.24) is 19.7 Å². The third-order valence-corrected chi connectivity index (χ3v) is 5.09. The van der Waals surface area contributed by atoms with Crippen LogP contribution in [0, 0.1) is 11.6 Å². The van der Waals surface area contributed by atoms with E-state index in [0.717, 1.165) is 43.6 Å². The van der Waals surface area contributed by atoms with Crippen LogP contribution in [0.15, 0.2) is 24.5 Å². The third-order valence-electron chi connectivity index (χ3n) is 5.09. The second-order valence-corrected chi connectivity index (χ2v) is 6.84. The first-order valence-corrected chi connectivity index (χ1v) is 8.78. The summed E-state index contributed by atoms with van der Waals surface area (Å²) in [7, 11) is 0. The fraction of sp³-hybridized carbons (Fsp3) is 0.500. The molecule has 25 heavy (non-hydrogen) atoms. The van der Waals surface area contributed by atoms with Crippen LogP contribution in [-0.4, -0.2) is 38.2 Å². The molecular formula is C18H20F2N4O. The number of amides is 1. The average Bonchev–Trinajstić information content (AvgIpc) is 3.14. The maximum absolute atomic E-state index is 13.9. The number of carbonyl (C=O) groups is 1. The molecular weight excluding hydrogens is 326 g/mol. The van der Waals surface area contributed by atoms with Crippen molar-refractivity contribution in [3.63, 3.8) is 0 Å². The van der Waals surface area contributed by atoms with Crippen LogP contribution in [0.2, 0.25) is 0 Å². The molecule has 4 rings (SSSR count). The minimum absolute atomic E-state index is 0.0568. The van der Waals surface area contributed by atoms with E-state index in [4.69, 9.17) is 0 Å². The summed E-state index contributed by atoms with van der Waals surface area (Å²) in [4.78, 5) is 14.4. The Hall–Kier alpha value is -2.31. The van der Waals surface area contributed by atoms with Gasteiger partial charge in [0.1, 0.15) is 23.8 Å². The SMILES string of the molecule is O=C(c1ccc(F)cc1F)N1CCCC1CCc1nncn1C1CC1. The molecule has 0 N–H and O–H groups in total. The molecule has 0 radical (unpaired) electrons. The minimum Gasteiger partial charge on any atom is -0.336 e. The number of aryl methyl sites for hydroxylation is 1. The van der Waals surface area contributed by atoms with E-state index < -0.39 is 11.6 Å². The van der Waals surface area contributed by atoms with Crippen LogP contribution in [0.25, 0.3) is 0 Å². The number of benzene rings is 1. The molecule has 1 amide bonds. The zero-order valence-corrected chi connectivity index (χ0v) is 13.9. The van der Waals surface area contributed by atoms with Gasteiger partial charge in [-0.3, -0.25) is 4.79 Å². The minimum atomic E-state index is -0.802. The van der Waals surface area contributed by atoms with Crippen LogP contribution in [-0.2, 0) is 6.42 Å². The molecule has 2 heterocycles. The summed E-state index contributed by atoms with van der Waals surface area (Å²) in [5.74, 6) is -0.881. The van der Waals surface area contributed by atoms with Crippen LogP contribution in [0.3, 0.4) is 0 Å². The van der Waals surface area contributed by atoms with Gasteiger partial charge in [0.05, 0.1) is 5.56 Å². The van der Waals surface area contributed by atoms with Gasteiger partial charge in [-0.05, 0) is 44.2 Å². The topological polar surface area (TPSA) is 51.0 Å². The fourth-order valence-corrected chi connectivity index (χ4v) is 3.62. The van der Waals surface area contributed by atoms with Gasteiger partial charge < -0.3 is 9.47 Å². The van der Waals surface area contributed by atoms with Gasteiger partial charge in [0.15, 0.2) is 0 Å². The van der Waals surface area contributed by atoms with E-state index in [0.29, 0.717) is 12.6 Å². The van der Waals surface area contributed by atoms with Crippen molar-refractivity contribution in [2.45, 2.75) is 50.6 Å². The van der Waals surface area contributed by atoms with Gasteiger partial charge in [-0.15, -0.1) is 10.2 Å². The third kappa shape index (κ3) is 3.27. The normalized spacial score (nSPS) is 20.2. The summed E-state index contributed by atoms with van der Waals surface area (Å²) in [6, 6.07) is 3.70. The number of aromatic nitrogens is 3. The van der Waals surface area contributed by atoms with E-state index in [2.05, 4.69) is 14.8 Å². The zero-order chi connectivity index (χ0) is 17.4. The molecule has 0 bridgehead atoms. The Labute approximate surface area is 144 Å². The number of likely N-dealkylation sites (tertiary alicyclic amines) is 1. The second-order valence-electron chi connectivity index (χ2n) is 6.84. The molecule has 1 aromatic heterocycles. The molecule has 5 nitrogen and oxygen atoms in total. The van der Waals surface area contributed by atoms with Gasteiger partial charge in [-0.1, -0.05) is 0 Å². The van der Waals surface area contributed by atoms with Gasteiger partial charge in [-0.25, -0.2) is 8.78 Å². The highest BCUT2D eigenvalue weighted by molar-refractivity contribution is 5.94. The first-order valence-electron chi connectivity index (χ1n) is 8.78. The van der Waals surface area contributed by atoms with Crippen molar-refractivity contribution >= 4 is 5.91 Å². The Morgan fingerprint density at radius 3 is 2.84 bits per heavy atom. The standard InChI is InChI=1S/C18H20F2N4O/c19-12-3-7-15(16(20)10-12)18(25)23-9-1-2-13(23)6-8-17-22-21-11-24(17)14-4-5-14/h3,7,10-11,13-14H,1-2,4-6,8-9H2. The Bertz CT molecular complexity index is 787. The summed E-state index contributed by atoms with van der Waals surface area (Å²) in [6.07, 6.45) is 7.43. The number of rotatable bonds is 5. The number of nitrogens with zero attached hydrogens (tertiary/aromatic N) is 4. The van der Waals surface area contributed by atoms with E-state index in [1.165, 1.54) is 18.9 Å². The maximum atomic E-state index is 13.9. The molecule has 1 saturated carbocycles. The van der Waals surface area contributed by atoms with Gasteiger partial charge in [0.2, 0.25) is 0 Å². The van der Waals surface area contributed by atoms with Crippen molar-refractivity contribution in [1.29, 1.82) is 0 Å². The van der Waals surface area contributed by atoms with Crippen molar-refractivity contribution in [3.05, 3.63) is 47.5 Å². The summed E-state index contributed by atoms with van der Waals surface area (Å²) < 4.78 is 29.1. The lowest BCUT2D eigenvalue weighted by Gasteiger charge is -2.25. The van der Waals surface area contributed by atoms with E-state index in [-0.39, 0.29) is 17.5 Å². The van der Waals surface area contributed by atoms with Crippen LogP contribution in [0.4, 0.5) is 8.78 Å². The molecule has 0 spiro atoms. The highest BCUT2D eigenvalue weighted by Gasteiger charge is 2.32. The van der Waals surface area contributed by atoms with Crippen LogP contribution in [0.1, 0.15) is 54.3 Å². The lowest BCUT2D eigenvalue weighted by Crippen LogP contribution is -2.36. The first-order chi connectivity index (χ1) is 12.1. The van der Waals surface area contributed by atoms with Crippen molar-refractivity contribution in [2.24, 2.45) is 0 Å². The predicted molar refractivity (Wildman–Crippen MR) is 87.0 cm³/mol. The van der Waals surface area contributed by atoms with E-state index in [1.807, 2.05) is 0 Å². The van der Waals surface area contributed by atoms with Crippen molar-refractivity contribution < 1.29 is 13.6 Å². The summed E-state index contributed by atoms with van der Waals surface area (Å²) in [5.41, 5.74) is -0.0607. The molecule has 2 aromatic rings. The Morgan fingerprint density at radius 1 is 1.24 bits per heavy atom. The molecule has 1 atom stereocenters. The number of hydrogen-bond acceptors (Lipinski definition) is 3. The van der Waals surface area contributed by atoms with Crippen LogP contribution in [0.5, 0.6) is 0 Å². The summed E-state index contributed by atoms with van der Waals surface area (Å²) >= 11 is 0. The second kappa shape index (κ2) is 6.54. The lowest BCUT2D eigenvalue weighted by molar-refractivity contribution is 0.0725. The van der Waals surface area contributed by atoms with Gasteiger partial charge in [0, 0.05) is 31.1 Å². The fourth-order valence-electron chi connectivity index (χ4n) is 3.62. The molecule has 2 fully saturated rings. The lowest BCUT2D eigenvalue weighted by atomic mass is 10.1. The summed E-state index contributed by atoms with van der Waals surface area (Å²) in [5, 5.41) is 8.20. The Morgan fingerprint density at radius 2 is 2.08 bits per heavy atom. The monoisotopic (exact) mass is 346 g/mol. The first kappa shape index (κ1) is 16.2. The Kier molecular flexibility index (Phi) is 4.23. The number of halogens is 2. The van der Waals surface area contributed by atoms with Gasteiger partial charge in [0.25, 0.3) is 5.91 Å². The van der Waals surface area contributed by atoms with Crippen LogP contribution < -0.4 is 0 Å². The Balaban J connectivity index is 1.44. The smallest absolute Gasteiger partial charge is 0.257 e. The van der Waals surface area contributed by atoms with Crippen molar-refractivity contribution in [2.75, 3.05) is 6.54 Å². The zero-order valence-electron chi connectivity index (χ0n) is 13.9. The molecule has 1 saturated heterocycles. The van der Waals surface area contributed by atoms with Crippen LogP contribution >= 0.6 is 0 Å². The molecule has 1 aromatic carbocycles. The largest absolute Gasteiger partial charge is 0.336 e. The van der Waals surface area contributed by atoms with Gasteiger partial charge in [-0.2, -0.15) is 0 Å².